The first-order chi connectivity index (χ1) is 14.2. The molecule has 1 aromatic carbocycles. The SMILES string of the molecule is N#CC1(C(=O)Nc2ccc(CCCCCCCOCC3CCCCC3)cc2)CC1. The van der Waals surface area contributed by atoms with Crippen LogP contribution in [0.4, 0.5) is 5.69 Å². The summed E-state index contributed by atoms with van der Waals surface area (Å²) in [5, 5.41) is 12.0. The normalized spacial score (nSPS) is 18.2. The van der Waals surface area contributed by atoms with Gasteiger partial charge in [0.25, 0.3) is 0 Å². The van der Waals surface area contributed by atoms with E-state index in [9.17, 15) is 4.79 Å². The van der Waals surface area contributed by atoms with Gasteiger partial charge in [0.1, 0.15) is 5.41 Å². The zero-order chi connectivity index (χ0) is 20.4. The highest BCUT2D eigenvalue weighted by Crippen LogP contribution is 2.45. The number of anilines is 1. The Balaban J connectivity index is 1.19. The molecule has 2 fully saturated rings. The third-order valence-electron chi connectivity index (χ3n) is 6.44. The fraction of sp³-hybridized carbons (Fsp3) is 0.680. The summed E-state index contributed by atoms with van der Waals surface area (Å²) in [6.45, 7) is 1.91. The Morgan fingerprint density at radius 1 is 1.03 bits per heavy atom. The van der Waals surface area contributed by atoms with Gasteiger partial charge in [0, 0.05) is 18.9 Å². The first kappa shape index (κ1) is 21.8. The van der Waals surface area contributed by atoms with Crippen molar-refractivity contribution in [2.45, 2.75) is 83.5 Å². The third kappa shape index (κ3) is 7.16. The largest absolute Gasteiger partial charge is 0.381 e. The van der Waals surface area contributed by atoms with Crippen molar-refractivity contribution in [2.24, 2.45) is 11.3 Å². The first-order valence-electron chi connectivity index (χ1n) is 11.6. The van der Waals surface area contributed by atoms with Gasteiger partial charge in [-0.05, 0) is 68.6 Å². The lowest BCUT2D eigenvalue weighted by Crippen LogP contribution is -2.22. The second-order valence-electron chi connectivity index (χ2n) is 8.94. The molecule has 0 radical (unpaired) electrons. The minimum Gasteiger partial charge on any atom is -0.381 e. The quantitative estimate of drug-likeness (QED) is 0.439. The van der Waals surface area contributed by atoms with E-state index >= 15 is 0 Å². The van der Waals surface area contributed by atoms with Gasteiger partial charge >= 0.3 is 0 Å². The molecule has 4 nitrogen and oxygen atoms in total. The molecule has 0 heterocycles. The second-order valence-corrected chi connectivity index (χ2v) is 8.94. The van der Waals surface area contributed by atoms with Crippen molar-refractivity contribution in [1.82, 2.24) is 0 Å². The number of nitrogens with one attached hydrogen (secondary N) is 1. The molecule has 1 N–H and O–H groups in total. The molecule has 3 rings (SSSR count). The van der Waals surface area contributed by atoms with Crippen LogP contribution in [0.25, 0.3) is 0 Å². The van der Waals surface area contributed by atoms with Crippen LogP contribution in [-0.2, 0) is 16.0 Å². The Morgan fingerprint density at radius 3 is 2.41 bits per heavy atom. The van der Waals surface area contributed by atoms with Crippen molar-refractivity contribution in [2.75, 3.05) is 18.5 Å². The fourth-order valence-electron chi connectivity index (χ4n) is 4.19. The molecular formula is C25H36N2O2. The van der Waals surface area contributed by atoms with Crippen LogP contribution in [0.3, 0.4) is 0 Å². The van der Waals surface area contributed by atoms with Crippen LogP contribution in [0.2, 0.25) is 0 Å². The Bertz CT molecular complexity index is 667. The van der Waals surface area contributed by atoms with Crippen molar-refractivity contribution in [3.8, 4) is 6.07 Å². The molecule has 0 saturated heterocycles. The average Bonchev–Trinajstić information content (AvgIpc) is 3.56. The van der Waals surface area contributed by atoms with Crippen LogP contribution in [0.15, 0.2) is 24.3 Å². The van der Waals surface area contributed by atoms with E-state index < -0.39 is 5.41 Å². The van der Waals surface area contributed by atoms with E-state index in [1.165, 1.54) is 69.8 Å². The Labute approximate surface area is 176 Å². The molecule has 0 atom stereocenters. The van der Waals surface area contributed by atoms with E-state index in [2.05, 4.69) is 23.5 Å². The van der Waals surface area contributed by atoms with Gasteiger partial charge in [0.15, 0.2) is 0 Å². The van der Waals surface area contributed by atoms with E-state index in [0.717, 1.165) is 31.2 Å². The van der Waals surface area contributed by atoms with Crippen LogP contribution in [0, 0.1) is 22.7 Å². The molecule has 1 amide bonds. The predicted molar refractivity (Wildman–Crippen MR) is 117 cm³/mol. The predicted octanol–water partition coefficient (Wildman–Crippen LogP) is 6.02. The first-order valence-corrected chi connectivity index (χ1v) is 11.6. The fourth-order valence-corrected chi connectivity index (χ4v) is 4.19. The lowest BCUT2D eigenvalue weighted by Gasteiger charge is -2.21. The maximum atomic E-state index is 12.1. The minimum atomic E-state index is -0.764. The van der Waals surface area contributed by atoms with Crippen molar-refractivity contribution >= 4 is 11.6 Å². The van der Waals surface area contributed by atoms with E-state index in [1.54, 1.807) is 0 Å². The van der Waals surface area contributed by atoms with Gasteiger partial charge in [0.05, 0.1) is 6.07 Å². The van der Waals surface area contributed by atoms with E-state index in [0.29, 0.717) is 12.8 Å². The summed E-state index contributed by atoms with van der Waals surface area (Å²) in [6, 6.07) is 10.2. The van der Waals surface area contributed by atoms with Crippen LogP contribution in [-0.4, -0.2) is 19.1 Å². The molecule has 4 heteroatoms. The highest BCUT2D eigenvalue weighted by molar-refractivity contribution is 5.99. The van der Waals surface area contributed by atoms with Crippen LogP contribution in [0.1, 0.15) is 82.6 Å². The number of carbonyl (C=O) groups excluding carboxylic acids is 1. The van der Waals surface area contributed by atoms with Crippen molar-refractivity contribution in [1.29, 1.82) is 5.26 Å². The number of unbranched alkanes of at least 4 members (excludes halogenated alkanes) is 4. The van der Waals surface area contributed by atoms with Gasteiger partial charge in [-0.25, -0.2) is 0 Å². The summed E-state index contributed by atoms with van der Waals surface area (Å²) in [7, 11) is 0. The Morgan fingerprint density at radius 2 is 1.72 bits per heavy atom. The molecule has 158 valence electrons. The average molecular weight is 397 g/mol. The summed E-state index contributed by atoms with van der Waals surface area (Å²) in [5.41, 5.74) is 1.33. The maximum absolute atomic E-state index is 12.1. The Kier molecular flexibility index (Phi) is 8.55. The summed E-state index contributed by atoms with van der Waals surface area (Å²) < 4.78 is 5.87. The van der Waals surface area contributed by atoms with Gasteiger partial charge in [-0.15, -0.1) is 0 Å². The number of hydrogen-bond acceptors (Lipinski definition) is 3. The van der Waals surface area contributed by atoms with E-state index in [4.69, 9.17) is 10.00 Å². The molecule has 2 aliphatic carbocycles. The summed E-state index contributed by atoms with van der Waals surface area (Å²) in [6.07, 6.45) is 15.6. The number of rotatable bonds is 12. The molecule has 0 aromatic heterocycles. The van der Waals surface area contributed by atoms with Crippen LogP contribution < -0.4 is 5.32 Å². The molecule has 1 aromatic rings. The summed E-state index contributed by atoms with van der Waals surface area (Å²) in [4.78, 5) is 12.1. The number of carbonyl (C=O) groups is 1. The summed E-state index contributed by atoms with van der Waals surface area (Å²) >= 11 is 0. The highest BCUT2D eigenvalue weighted by Gasteiger charge is 2.50. The molecular weight excluding hydrogens is 360 g/mol. The van der Waals surface area contributed by atoms with Gasteiger partial charge in [-0.3, -0.25) is 4.79 Å². The number of amides is 1. The number of nitriles is 1. The van der Waals surface area contributed by atoms with Gasteiger partial charge in [-0.2, -0.15) is 5.26 Å². The van der Waals surface area contributed by atoms with Crippen molar-refractivity contribution < 1.29 is 9.53 Å². The number of benzene rings is 1. The maximum Gasteiger partial charge on any atom is 0.244 e. The molecule has 0 unspecified atom stereocenters. The van der Waals surface area contributed by atoms with Crippen LogP contribution >= 0.6 is 0 Å². The Hall–Kier alpha value is -1.86. The zero-order valence-electron chi connectivity index (χ0n) is 17.8. The minimum absolute atomic E-state index is 0.157. The van der Waals surface area contributed by atoms with E-state index in [1.807, 2.05) is 12.1 Å². The van der Waals surface area contributed by atoms with Crippen molar-refractivity contribution in [3.05, 3.63) is 29.8 Å². The topological polar surface area (TPSA) is 62.1 Å². The number of nitrogens with zero attached hydrogens (tertiary/aromatic N) is 1. The standard InChI is InChI=1S/C25H36N2O2/c26-20-25(16-17-25)24(28)27-23-14-12-21(13-15-23)9-5-2-1-3-8-18-29-19-22-10-6-4-7-11-22/h12-15,22H,1-11,16-19H2,(H,27,28). The van der Waals surface area contributed by atoms with Crippen molar-refractivity contribution in [3.63, 3.8) is 0 Å². The molecule has 29 heavy (non-hydrogen) atoms. The smallest absolute Gasteiger partial charge is 0.244 e. The lowest BCUT2D eigenvalue weighted by molar-refractivity contribution is -0.119. The highest BCUT2D eigenvalue weighted by atomic mass is 16.5. The van der Waals surface area contributed by atoms with Crippen LogP contribution in [0.5, 0.6) is 0 Å². The molecule has 2 aliphatic rings. The monoisotopic (exact) mass is 396 g/mol. The number of ether oxygens (including phenoxy) is 1. The third-order valence-corrected chi connectivity index (χ3v) is 6.44. The zero-order valence-corrected chi connectivity index (χ0v) is 17.8. The number of hydrogen-bond donors (Lipinski definition) is 1. The van der Waals surface area contributed by atoms with E-state index in [-0.39, 0.29) is 5.91 Å². The lowest BCUT2D eigenvalue weighted by atomic mass is 9.90. The molecule has 0 bridgehead atoms. The van der Waals surface area contributed by atoms with Gasteiger partial charge in [-0.1, -0.05) is 50.7 Å². The number of aryl methyl sites for hydroxylation is 1. The summed E-state index contributed by atoms with van der Waals surface area (Å²) in [5.74, 6) is 0.667. The molecule has 2 saturated carbocycles. The van der Waals surface area contributed by atoms with Gasteiger partial charge < -0.3 is 10.1 Å². The molecule has 0 spiro atoms. The van der Waals surface area contributed by atoms with Gasteiger partial charge in [0.2, 0.25) is 5.91 Å². The second kappa shape index (κ2) is 11.4. The molecule has 0 aliphatic heterocycles.